The summed E-state index contributed by atoms with van der Waals surface area (Å²) in [6, 6.07) is 7.45. The predicted octanol–water partition coefficient (Wildman–Crippen LogP) is 5.22. The van der Waals surface area contributed by atoms with Crippen molar-refractivity contribution in [2.45, 2.75) is 64.4 Å². The number of alkyl carbamates (subject to hydrolysis) is 1. The van der Waals surface area contributed by atoms with Gasteiger partial charge in [-0.2, -0.15) is 0 Å². The number of fused-ring (bicyclic) bond motifs is 1. The van der Waals surface area contributed by atoms with E-state index in [0.29, 0.717) is 24.4 Å². The summed E-state index contributed by atoms with van der Waals surface area (Å²) in [6.45, 7) is 5.89. The van der Waals surface area contributed by atoms with Crippen molar-refractivity contribution in [1.82, 2.24) is 15.2 Å². The molecular formula is C28H39N3O4. The van der Waals surface area contributed by atoms with Gasteiger partial charge in [-0.1, -0.05) is 32.6 Å². The number of Topliss-reactive ketones (excluding diaryl/α,β-unsaturated/α-hetero) is 1. The Balaban J connectivity index is 1.39. The molecule has 2 aliphatic rings. The molecule has 7 heteroatoms. The van der Waals surface area contributed by atoms with E-state index in [2.05, 4.69) is 22.1 Å². The van der Waals surface area contributed by atoms with E-state index in [1.165, 1.54) is 32.1 Å². The first kappa shape index (κ1) is 25.4. The Bertz CT molecular complexity index is 1010. The minimum atomic E-state index is -0.321. The van der Waals surface area contributed by atoms with Crippen molar-refractivity contribution < 1.29 is 19.1 Å². The number of unbranched alkanes of at least 4 members (excludes halogenated alkanes) is 4. The van der Waals surface area contributed by atoms with Crippen molar-refractivity contribution >= 4 is 22.8 Å². The number of nitrogens with one attached hydrogen (secondary N) is 1. The van der Waals surface area contributed by atoms with E-state index < -0.39 is 0 Å². The molecule has 1 amide bonds. The number of benzene rings is 1. The average Bonchev–Trinajstić information content (AvgIpc) is 3.32. The number of carbonyl (C=O) groups excluding carboxylic acids is 2. The third-order valence-electron chi connectivity index (χ3n) is 7.64. The second-order valence-corrected chi connectivity index (χ2v) is 9.96. The minimum Gasteiger partial charge on any atom is -0.497 e. The fourth-order valence-corrected chi connectivity index (χ4v) is 5.61. The maximum atomic E-state index is 13.3. The van der Waals surface area contributed by atoms with Crippen LogP contribution in [0, 0.1) is 11.8 Å². The number of aromatic nitrogens is 1. The van der Waals surface area contributed by atoms with Crippen LogP contribution in [0.15, 0.2) is 30.5 Å². The van der Waals surface area contributed by atoms with Crippen LogP contribution in [-0.4, -0.2) is 61.2 Å². The number of likely N-dealkylation sites (tertiary alicyclic amines) is 1. The number of rotatable bonds is 12. The first-order chi connectivity index (χ1) is 17.1. The van der Waals surface area contributed by atoms with Crippen LogP contribution in [0.5, 0.6) is 5.75 Å². The highest BCUT2D eigenvalue weighted by Crippen LogP contribution is 2.34. The molecule has 2 fully saturated rings. The molecule has 0 bridgehead atoms. The molecule has 0 spiro atoms. The first-order valence-electron chi connectivity index (χ1n) is 13.2. The van der Waals surface area contributed by atoms with Gasteiger partial charge >= 0.3 is 6.09 Å². The zero-order valence-corrected chi connectivity index (χ0v) is 21.1. The summed E-state index contributed by atoms with van der Waals surface area (Å²) >= 11 is 0. The predicted molar refractivity (Wildman–Crippen MR) is 137 cm³/mol. The van der Waals surface area contributed by atoms with E-state index >= 15 is 0 Å². The van der Waals surface area contributed by atoms with E-state index in [0.717, 1.165) is 49.1 Å². The largest absolute Gasteiger partial charge is 0.497 e. The van der Waals surface area contributed by atoms with Crippen molar-refractivity contribution in [2.75, 3.05) is 33.3 Å². The summed E-state index contributed by atoms with van der Waals surface area (Å²) in [5.74, 6) is 1.46. The highest BCUT2D eigenvalue weighted by atomic mass is 16.6. The average molecular weight is 482 g/mol. The molecule has 1 N–H and O–H groups in total. The van der Waals surface area contributed by atoms with Crippen molar-refractivity contribution in [2.24, 2.45) is 11.8 Å². The Kier molecular flexibility index (Phi) is 8.96. The standard InChI is InChI=1S/C28H39N3O4/c1-3-4-5-6-7-15-31-16-13-20(24(19-31)27-18-30-28(33)35-27)8-11-26(32)22-12-14-29-25-10-9-21(34-2)17-23(22)25/h9-10,12,14,17,20,24,27H,3-8,11,13,15-16,18-19H2,1-2H3,(H,30,33). The van der Waals surface area contributed by atoms with Gasteiger partial charge in [-0.25, -0.2) is 4.79 Å². The smallest absolute Gasteiger partial charge is 0.407 e. The number of hydrogen-bond acceptors (Lipinski definition) is 6. The molecule has 0 radical (unpaired) electrons. The summed E-state index contributed by atoms with van der Waals surface area (Å²) in [6.07, 6.45) is 9.94. The van der Waals surface area contributed by atoms with Gasteiger partial charge in [0.1, 0.15) is 11.9 Å². The maximum absolute atomic E-state index is 13.3. The summed E-state index contributed by atoms with van der Waals surface area (Å²) in [5, 5.41) is 3.66. The van der Waals surface area contributed by atoms with Crippen LogP contribution in [0.1, 0.15) is 68.6 Å². The normalized spacial score (nSPS) is 22.7. The fraction of sp³-hybridized carbons (Fsp3) is 0.607. The Labute approximate surface area is 208 Å². The topological polar surface area (TPSA) is 80.8 Å². The second kappa shape index (κ2) is 12.3. The van der Waals surface area contributed by atoms with E-state index in [1.807, 2.05) is 24.3 Å². The lowest BCUT2D eigenvalue weighted by Crippen LogP contribution is -2.46. The second-order valence-electron chi connectivity index (χ2n) is 9.96. The van der Waals surface area contributed by atoms with Crippen molar-refractivity contribution in [1.29, 1.82) is 0 Å². The number of methoxy groups -OCH3 is 1. The monoisotopic (exact) mass is 481 g/mol. The van der Waals surface area contributed by atoms with E-state index in [-0.39, 0.29) is 23.9 Å². The van der Waals surface area contributed by atoms with E-state index in [4.69, 9.17) is 9.47 Å². The molecule has 3 heterocycles. The van der Waals surface area contributed by atoms with Crippen LogP contribution in [0.25, 0.3) is 10.9 Å². The van der Waals surface area contributed by atoms with Gasteiger partial charge in [0.15, 0.2) is 5.78 Å². The van der Waals surface area contributed by atoms with Crippen molar-refractivity contribution in [3.8, 4) is 5.75 Å². The molecule has 1 aromatic carbocycles. The Morgan fingerprint density at radius 3 is 2.86 bits per heavy atom. The Morgan fingerprint density at radius 2 is 2.09 bits per heavy atom. The Hall–Kier alpha value is -2.67. The lowest BCUT2D eigenvalue weighted by molar-refractivity contribution is 0.0209. The van der Waals surface area contributed by atoms with Crippen LogP contribution in [0.3, 0.4) is 0 Å². The highest BCUT2D eigenvalue weighted by molar-refractivity contribution is 6.07. The lowest BCUT2D eigenvalue weighted by Gasteiger charge is -2.40. The van der Waals surface area contributed by atoms with Gasteiger partial charge in [0.25, 0.3) is 0 Å². The number of hydrogen-bond donors (Lipinski definition) is 1. The molecule has 2 aliphatic heterocycles. The molecule has 190 valence electrons. The molecule has 3 atom stereocenters. The SMILES string of the molecule is CCCCCCCN1CCC(CCC(=O)c2ccnc3ccc(OC)cc23)C(C2CNC(=O)O2)C1. The fourth-order valence-electron chi connectivity index (χ4n) is 5.61. The summed E-state index contributed by atoms with van der Waals surface area (Å²) < 4.78 is 11.0. The van der Waals surface area contributed by atoms with Gasteiger partial charge in [0.05, 0.1) is 19.2 Å². The lowest BCUT2D eigenvalue weighted by atomic mass is 9.78. The number of carbonyl (C=O) groups is 2. The number of nitrogens with zero attached hydrogens (tertiary/aromatic N) is 2. The number of pyridine rings is 1. The summed E-state index contributed by atoms with van der Waals surface area (Å²) in [4.78, 5) is 32.0. The molecule has 0 saturated carbocycles. The number of cyclic esters (lactones) is 1. The van der Waals surface area contributed by atoms with Crippen molar-refractivity contribution in [3.63, 3.8) is 0 Å². The number of piperidine rings is 1. The van der Waals surface area contributed by atoms with Crippen LogP contribution < -0.4 is 10.1 Å². The van der Waals surface area contributed by atoms with E-state index in [1.54, 1.807) is 13.3 Å². The van der Waals surface area contributed by atoms with Gasteiger partial charge in [0.2, 0.25) is 0 Å². The molecule has 4 rings (SSSR count). The molecule has 1 aromatic heterocycles. The first-order valence-corrected chi connectivity index (χ1v) is 13.2. The summed E-state index contributed by atoms with van der Waals surface area (Å²) in [7, 11) is 1.63. The third kappa shape index (κ3) is 6.51. The van der Waals surface area contributed by atoms with Crippen LogP contribution in [-0.2, 0) is 4.74 Å². The minimum absolute atomic E-state index is 0.114. The van der Waals surface area contributed by atoms with Gasteiger partial charge in [-0.3, -0.25) is 9.78 Å². The zero-order chi connectivity index (χ0) is 24.6. The quantitative estimate of drug-likeness (QED) is 0.331. The zero-order valence-electron chi connectivity index (χ0n) is 21.1. The number of ether oxygens (including phenoxy) is 2. The third-order valence-corrected chi connectivity index (χ3v) is 7.64. The van der Waals surface area contributed by atoms with Crippen LogP contribution in [0.2, 0.25) is 0 Å². The maximum Gasteiger partial charge on any atom is 0.407 e. The molecule has 3 unspecified atom stereocenters. The number of amides is 1. The highest BCUT2D eigenvalue weighted by Gasteiger charge is 2.39. The van der Waals surface area contributed by atoms with Gasteiger partial charge in [0, 0.05) is 36.0 Å². The van der Waals surface area contributed by atoms with Gasteiger partial charge < -0.3 is 19.7 Å². The molecule has 7 nitrogen and oxygen atoms in total. The van der Waals surface area contributed by atoms with E-state index in [9.17, 15) is 9.59 Å². The molecule has 35 heavy (non-hydrogen) atoms. The molecular weight excluding hydrogens is 442 g/mol. The summed E-state index contributed by atoms with van der Waals surface area (Å²) in [5.41, 5.74) is 1.50. The molecule has 0 aliphatic carbocycles. The van der Waals surface area contributed by atoms with Crippen molar-refractivity contribution in [3.05, 3.63) is 36.0 Å². The van der Waals surface area contributed by atoms with Gasteiger partial charge in [-0.15, -0.1) is 0 Å². The molecule has 2 aromatic rings. The molecule has 2 saturated heterocycles. The Morgan fingerprint density at radius 1 is 1.23 bits per heavy atom. The van der Waals surface area contributed by atoms with Crippen LogP contribution >= 0.6 is 0 Å². The van der Waals surface area contributed by atoms with Crippen LogP contribution in [0.4, 0.5) is 4.79 Å². The number of ketones is 1. The van der Waals surface area contributed by atoms with Gasteiger partial charge in [-0.05, 0) is 62.5 Å².